The topological polar surface area (TPSA) is 39.2 Å². The fourth-order valence-electron chi connectivity index (χ4n) is 1.13. The lowest BCUT2D eigenvalue weighted by Crippen LogP contribution is -2.07. The van der Waals surface area contributed by atoms with Gasteiger partial charge in [-0.15, -0.1) is 0 Å². The second kappa shape index (κ2) is 5.29. The normalized spacial score (nSPS) is 9.73. The SMILES string of the molecule is C=C(C(=O)OCC)c1ccc(CC)cn1. The number of pyridine rings is 1. The van der Waals surface area contributed by atoms with Crippen molar-refractivity contribution in [3.63, 3.8) is 0 Å². The first-order valence-corrected chi connectivity index (χ1v) is 5.00. The summed E-state index contributed by atoms with van der Waals surface area (Å²) in [6.45, 7) is 7.83. The van der Waals surface area contributed by atoms with Crippen LogP contribution in [-0.4, -0.2) is 17.6 Å². The molecule has 1 rings (SSSR count). The Balaban J connectivity index is 2.78. The largest absolute Gasteiger partial charge is 0.462 e. The Labute approximate surface area is 89.8 Å². The van der Waals surface area contributed by atoms with E-state index in [-0.39, 0.29) is 0 Å². The van der Waals surface area contributed by atoms with Crippen LogP contribution in [-0.2, 0) is 16.0 Å². The second-order valence-corrected chi connectivity index (χ2v) is 3.10. The van der Waals surface area contributed by atoms with Crippen molar-refractivity contribution in [2.45, 2.75) is 20.3 Å². The zero-order chi connectivity index (χ0) is 11.3. The first kappa shape index (κ1) is 11.4. The monoisotopic (exact) mass is 205 g/mol. The van der Waals surface area contributed by atoms with Crippen molar-refractivity contribution in [1.82, 2.24) is 4.98 Å². The lowest BCUT2D eigenvalue weighted by Gasteiger charge is -2.04. The summed E-state index contributed by atoms with van der Waals surface area (Å²) < 4.78 is 4.84. The van der Waals surface area contributed by atoms with Gasteiger partial charge in [-0.1, -0.05) is 19.6 Å². The molecule has 0 aromatic carbocycles. The van der Waals surface area contributed by atoms with Gasteiger partial charge in [0.05, 0.1) is 17.9 Å². The Bertz CT molecular complexity index is 354. The molecule has 15 heavy (non-hydrogen) atoms. The molecule has 3 nitrogen and oxygen atoms in total. The maximum atomic E-state index is 11.3. The minimum atomic E-state index is -0.408. The number of hydrogen-bond acceptors (Lipinski definition) is 3. The van der Waals surface area contributed by atoms with Crippen molar-refractivity contribution in [3.05, 3.63) is 36.2 Å². The Hall–Kier alpha value is -1.64. The number of ether oxygens (including phenoxy) is 1. The van der Waals surface area contributed by atoms with Crippen LogP contribution in [0, 0.1) is 0 Å². The molecule has 0 aliphatic rings. The molecule has 1 aromatic rings. The molecule has 0 amide bonds. The van der Waals surface area contributed by atoms with Gasteiger partial charge >= 0.3 is 5.97 Å². The van der Waals surface area contributed by atoms with Crippen molar-refractivity contribution in [3.8, 4) is 0 Å². The Morgan fingerprint density at radius 2 is 2.20 bits per heavy atom. The van der Waals surface area contributed by atoms with E-state index in [4.69, 9.17) is 4.74 Å². The molecule has 0 bridgehead atoms. The van der Waals surface area contributed by atoms with Crippen molar-refractivity contribution < 1.29 is 9.53 Å². The molecule has 1 aromatic heterocycles. The second-order valence-electron chi connectivity index (χ2n) is 3.10. The number of carbonyl (C=O) groups excluding carboxylic acids is 1. The van der Waals surface area contributed by atoms with Gasteiger partial charge in [0.1, 0.15) is 0 Å². The van der Waals surface area contributed by atoms with Crippen molar-refractivity contribution in [2.75, 3.05) is 6.61 Å². The van der Waals surface area contributed by atoms with E-state index in [1.54, 1.807) is 19.2 Å². The van der Waals surface area contributed by atoms with Gasteiger partial charge < -0.3 is 4.74 Å². The molecule has 0 unspecified atom stereocenters. The highest BCUT2D eigenvalue weighted by Crippen LogP contribution is 2.11. The van der Waals surface area contributed by atoms with E-state index in [1.165, 1.54) is 0 Å². The summed E-state index contributed by atoms with van der Waals surface area (Å²) in [5, 5.41) is 0. The molecule has 0 spiro atoms. The van der Waals surface area contributed by atoms with Gasteiger partial charge in [0.15, 0.2) is 0 Å². The zero-order valence-electron chi connectivity index (χ0n) is 9.12. The summed E-state index contributed by atoms with van der Waals surface area (Å²) >= 11 is 0. The number of rotatable bonds is 4. The van der Waals surface area contributed by atoms with E-state index in [1.807, 2.05) is 6.07 Å². The van der Waals surface area contributed by atoms with E-state index < -0.39 is 5.97 Å². The maximum Gasteiger partial charge on any atom is 0.339 e. The number of aromatic nitrogens is 1. The third-order valence-electron chi connectivity index (χ3n) is 2.06. The van der Waals surface area contributed by atoms with Crippen LogP contribution >= 0.6 is 0 Å². The molecule has 0 N–H and O–H groups in total. The molecule has 0 saturated carbocycles. The third kappa shape index (κ3) is 2.91. The highest BCUT2D eigenvalue weighted by molar-refractivity contribution is 6.14. The molecule has 80 valence electrons. The van der Waals surface area contributed by atoms with Crippen LogP contribution in [0.1, 0.15) is 25.1 Å². The summed E-state index contributed by atoms with van der Waals surface area (Å²) in [6, 6.07) is 3.73. The standard InChI is InChI=1S/C12H15NO2/c1-4-10-6-7-11(13-8-10)9(3)12(14)15-5-2/h6-8H,3-5H2,1-2H3. The van der Waals surface area contributed by atoms with Crippen LogP contribution in [0.5, 0.6) is 0 Å². The minimum Gasteiger partial charge on any atom is -0.462 e. The van der Waals surface area contributed by atoms with Crippen molar-refractivity contribution >= 4 is 11.5 Å². The highest BCUT2D eigenvalue weighted by atomic mass is 16.5. The van der Waals surface area contributed by atoms with Crippen molar-refractivity contribution in [2.24, 2.45) is 0 Å². The molecule has 0 aliphatic heterocycles. The summed E-state index contributed by atoms with van der Waals surface area (Å²) in [7, 11) is 0. The van der Waals surface area contributed by atoms with E-state index >= 15 is 0 Å². The molecule has 0 aliphatic carbocycles. The van der Waals surface area contributed by atoms with Gasteiger partial charge in [-0.3, -0.25) is 4.98 Å². The van der Waals surface area contributed by atoms with Gasteiger partial charge in [0.25, 0.3) is 0 Å². The average molecular weight is 205 g/mol. The number of esters is 1. The average Bonchev–Trinajstić information content (AvgIpc) is 2.28. The number of nitrogens with zero attached hydrogens (tertiary/aromatic N) is 1. The molecule has 0 fully saturated rings. The minimum absolute atomic E-state index is 0.305. The van der Waals surface area contributed by atoms with E-state index in [9.17, 15) is 4.79 Å². The number of carbonyl (C=O) groups is 1. The molecular weight excluding hydrogens is 190 g/mol. The zero-order valence-corrected chi connectivity index (χ0v) is 9.12. The molecule has 0 saturated heterocycles. The number of hydrogen-bond donors (Lipinski definition) is 0. The van der Waals surface area contributed by atoms with Gasteiger partial charge in [-0.2, -0.15) is 0 Å². The highest BCUT2D eigenvalue weighted by Gasteiger charge is 2.10. The molecule has 1 heterocycles. The first-order chi connectivity index (χ1) is 7.19. The smallest absolute Gasteiger partial charge is 0.339 e. The van der Waals surface area contributed by atoms with Crippen LogP contribution in [0.3, 0.4) is 0 Å². The van der Waals surface area contributed by atoms with Crippen LogP contribution < -0.4 is 0 Å². The summed E-state index contributed by atoms with van der Waals surface area (Å²) in [4.78, 5) is 15.5. The third-order valence-corrected chi connectivity index (χ3v) is 2.06. The maximum absolute atomic E-state index is 11.3. The molecule has 0 atom stereocenters. The predicted molar refractivity (Wildman–Crippen MR) is 59.3 cm³/mol. The fourth-order valence-corrected chi connectivity index (χ4v) is 1.13. The Kier molecular flexibility index (Phi) is 4.03. The summed E-state index contributed by atoms with van der Waals surface area (Å²) in [5.41, 5.74) is 2.01. The first-order valence-electron chi connectivity index (χ1n) is 5.00. The molecular formula is C12H15NO2. The van der Waals surface area contributed by atoms with Gasteiger partial charge in [-0.25, -0.2) is 4.79 Å². The Morgan fingerprint density at radius 3 is 2.67 bits per heavy atom. The fraction of sp³-hybridized carbons (Fsp3) is 0.333. The summed E-state index contributed by atoms with van der Waals surface area (Å²) in [6.07, 6.45) is 2.68. The van der Waals surface area contributed by atoms with E-state index in [0.29, 0.717) is 17.9 Å². The van der Waals surface area contributed by atoms with E-state index in [0.717, 1.165) is 12.0 Å². The van der Waals surface area contributed by atoms with E-state index in [2.05, 4.69) is 18.5 Å². The van der Waals surface area contributed by atoms with Crippen LogP contribution in [0.2, 0.25) is 0 Å². The number of aryl methyl sites for hydroxylation is 1. The van der Waals surface area contributed by atoms with Crippen LogP contribution in [0.4, 0.5) is 0 Å². The van der Waals surface area contributed by atoms with Crippen LogP contribution in [0.25, 0.3) is 5.57 Å². The lowest BCUT2D eigenvalue weighted by molar-refractivity contribution is -0.136. The lowest BCUT2D eigenvalue weighted by atomic mass is 10.1. The molecule has 0 radical (unpaired) electrons. The Morgan fingerprint density at radius 1 is 1.47 bits per heavy atom. The summed E-state index contributed by atoms with van der Waals surface area (Å²) in [5.74, 6) is -0.408. The predicted octanol–water partition coefficient (Wildman–Crippen LogP) is 2.22. The molecule has 3 heteroatoms. The quantitative estimate of drug-likeness (QED) is 0.559. The van der Waals surface area contributed by atoms with Crippen LogP contribution in [0.15, 0.2) is 24.9 Å². The van der Waals surface area contributed by atoms with Crippen molar-refractivity contribution in [1.29, 1.82) is 0 Å². The van der Waals surface area contributed by atoms with Gasteiger partial charge in [0, 0.05) is 6.20 Å². The van der Waals surface area contributed by atoms with Gasteiger partial charge in [0.2, 0.25) is 0 Å². The van der Waals surface area contributed by atoms with Gasteiger partial charge in [-0.05, 0) is 25.0 Å².